The number of methoxy groups -OCH3 is 2. The second-order valence-corrected chi connectivity index (χ2v) is 13.5. The fourth-order valence-electron chi connectivity index (χ4n) is 6.33. The molecule has 0 radical (unpaired) electrons. The van der Waals surface area contributed by atoms with Gasteiger partial charge in [0.05, 0.1) is 20.8 Å². The molecule has 3 rings (SSSR count). The van der Waals surface area contributed by atoms with Crippen LogP contribution in [0.1, 0.15) is 127 Å². The van der Waals surface area contributed by atoms with E-state index >= 15 is 0 Å². The van der Waals surface area contributed by atoms with Gasteiger partial charge in [0.15, 0.2) is 11.5 Å². The Morgan fingerprint density at radius 3 is 2.09 bits per heavy atom. The van der Waals surface area contributed by atoms with Gasteiger partial charge in [-0.1, -0.05) is 103 Å². The van der Waals surface area contributed by atoms with E-state index in [2.05, 4.69) is 18.4 Å². The van der Waals surface area contributed by atoms with Gasteiger partial charge in [-0.2, -0.15) is 0 Å². The predicted octanol–water partition coefficient (Wildman–Crippen LogP) is 9.20. The number of nitrogens with zero attached hydrogens (tertiary/aromatic N) is 2. The van der Waals surface area contributed by atoms with Gasteiger partial charge >= 0.3 is 0 Å². The van der Waals surface area contributed by atoms with Crippen molar-refractivity contribution < 1.29 is 19.1 Å². The predicted molar refractivity (Wildman–Crippen MR) is 183 cm³/mol. The van der Waals surface area contributed by atoms with Crippen LogP contribution in [0, 0.1) is 0 Å². The maximum absolute atomic E-state index is 13.9. The third kappa shape index (κ3) is 12.8. The van der Waals surface area contributed by atoms with Gasteiger partial charge in [0.2, 0.25) is 11.8 Å². The number of carbonyl (C=O) groups is 2. The van der Waals surface area contributed by atoms with Gasteiger partial charge in [0.25, 0.3) is 0 Å². The monoisotopic (exact) mass is 626 g/mol. The lowest BCUT2D eigenvalue weighted by Crippen LogP contribution is -2.48. The Kier molecular flexibility index (Phi) is 17.3. The summed E-state index contributed by atoms with van der Waals surface area (Å²) in [4.78, 5) is 32.6. The summed E-state index contributed by atoms with van der Waals surface area (Å²) in [5.41, 5.74) is 1.09. The zero-order valence-electron chi connectivity index (χ0n) is 27.8. The highest BCUT2D eigenvalue weighted by Crippen LogP contribution is 2.28. The molecular weight excluding hydrogens is 568 g/mol. The van der Waals surface area contributed by atoms with Crippen molar-refractivity contribution in [3.63, 3.8) is 0 Å². The quantitative estimate of drug-likeness (QED) is 0.122. The third-order valence-corrected chi connectivity index (χ3v) is 9.89. The summed E-state index contributed by atoms with van der Waals surface area (Å²) < 4.78 is 10.9. The van der Waals surface area contributed by atoms with Crippen LogP contribution in [-0.2, 0) is 22.6 Å². The summed E-state index contributed by atoms with van der Waals surface area (Å²) in [6.07, 6.45) is 20.7. The molecule has 0 atom stereocenters. The minimum atomic E-state index is 0.0386. The Labute approximate surface area is 271 Å². The van der Waals surface area contributed by atoms with Crippen LogP contribution in [-0.4, -0.2) is 55.0 Å². The van der Waals surface area contributed by atoms with E-state index in [1.54, 1.807) is 25.6 Å². The average Bonchev–Trinajstić information content (AvgIpc) is 3.57. The summed E-state index contributed by atoms with van der Waals surface area (Å²) in [6.45, 7) is 3.59. The Hall–Kier alpha value is -2.54. The molecule has 0 unspecified atom stereocenters. The lowest BCUT2D eigenvalue weighted by Gasteiger charge is -2.35. The van der Waals surface area contributed by atoms with Crippen molar-refractivity contribution >= 4 is 23.2 Å². The third-order valence-electron chi connectivity index (χ3n) is 9.03. The molecule has 0 N–H and O–H groups in total. The number of thiophene rings is 1. The molecule has 0 spiro atoms. The second-order valence-electron chi connectivity index (χ2n) is 12.4. The first-order valence-electron chi connectivity index (χ1n) is 17.4. The van der Waals surface area contributed by atoms with E-state index in [1.807, 2.05) is 34.1 Å². The van der Waals surface area contributed by atoms with Gasteiger partial charge in [-0.15, -0.1) is 11.3 Å². The highest BCUT2D eigenvalue weighted by atomic mass is 32.1. The summed E-state index contributed by atoms with van der Waals surface area (Å²) in [5, 5.41) is 2.05. The van der Waals surface area contributed by atoms with E-state index in [4.69, 9.17) is 9.47 Å². The van der Waals surface area contributed by atoms with Crippen LogP contribution >= 0.6 is 11.3 Å². The highest BCUT2D eigenvalue weighted by molar-refractivity contribution is 7.09. The Balaban J connectivity index is 1.55. The molecule has 1 aromatic heterocycles. The molecule has 1 fully saturated rings. The van der Waals surface area contributed by atoms with Gasteiger partial charge in [-0.3, -0.25) is 9.59 Å². The van der Waals surface area contributed by atoms with E-state index in [0.717, 1.165) is 49.0 Å². The molecule has 246 valence electrons. The Morgan fingerprint density at radius 1 is 0.818 bits per heavy atom. The first-order valence-corrected chi connectivity index (χ1v) is 18.2. The van der Waals surface area contributed by atoms with E-state index < -0.39 is 0 Å². The van der Waals surface area contributed by atoms with Gasteiger partial charge in [-0.25, -0.2) is 0 Å². The first kappa shape index (κ1) is 35.9. The molecule has 44 heavy (non-hydrogen) atoms. The number of amides is 2. The number of ether oxygens (including phenoxy) is 2. The fourth-order valence-corrected chi connectivity index (χ4v) is 7.05. The topological polar surface area (TPSA) is 59.1 Å². The molecule has 1 aliphatic rings. The number of carbonyl (C=O) groups excluding carboxylic acids is 2. The molecule has 6 nitrogen and oxygen atoms in total. The Bertz CT molecular complexity index is 1070. The van der Waals surface area contributed by atoms with E-state index in [0.29, 0.717) is 37.4 Å². The van der Waals surface area contributed by atoms with Crippen molar-refractivity contribution in [2.45, 2.75) is 135 Å². The fraction of sp³-hybridized carbons (Fsp3) is 0.676. The zero-order chi connectivity index (χ0) is 31.4. The number of unbranched alkanes of at least 4 members (excludes halogenated alkanes) is 10. The summed E-state index contributed by atoms with van der Waals surface area (Å²) in [5.74, 6) is 1.59. The average molecular weight is 627 g/mol. The molecule has 2 amide bonds. The lowest BCUT2D eigenvalue weighted by molar-refractivity contribution is -0.143. The molecule has 0 bridgehead atoms. The minimum absolute atomic E-state index is 0.0386. The number of hydrogen-bond acceptors (Lipinski definition) is 5. The Morgan fingerprint density at radius 2 is 1.48 bits per heavy atom. The molecule has 7 heteroatoms. The number of hydrogen-bond donors (Lipinski definition) is 0. The lowest BCUT2D eigenvalue weighted by atomic mass is 9.93. The standard InChI is InChI=1S/C37H58N2O4S/c1-4-5-6-7-8-9-10-11-12-13-17-22-36(40)39(32-19-15-14-16-20-32)30-37(41)38(29-33-21-18-27-44-33)26-25-31-23-24-34(42-2)35(28-31)43-3/h18,21,23-24,27-28,32H,4-17,19-20,22,25-26,29-30H2,1-3H3. The molecule has 1 saturated carbocycles. The maximum atomic E-state index is 13.9. The van der Waals surface area contributed by atoms with Crippen LogP contribution < -0.4 is 9.47 Å². The van der Waals surface area contributed by atoms with Crippen molar-refractivity contribution in [3.05, 3.63) is 46.2 Å². The maximum Gasteiger partial charge on any atom is 0.242 e. The van der Waals surface area contributed by atoms with Crippen molar-refractivity contribution in [1.29, 1.82) is 0 Å². The number of benzene rings is 1. The number of rotatable bonds is 22. The molecular formula is C37H58N2O4S. The van der Waals surface area contributed by atoms with E-state index in [9.17, 15) is 9.59 Å². The summed E-state index contributed by atoms with van der Waals surface area (Å²) in [7, 11) is 3.27. The molecule has 1 aliphatic carbocycles. The molecule has 0 aliphatic heterocycles. The second kappa shape index (κ2) is 21.2. The van der Waals surface area contributed by atoms with Crippen LogP contribution in [0.15, 0.2) is 35.7 Å². The van der Waals surface area contributed by atoms with Crippen LogP contribution in [0.2, 0.25) is 0 Å². The first-order chi connectivity index (χ1) is 21.5. The summed E-state index contributed by atoms with van der Waals surface area (Å²) in [6, 6.07) is 10.2. The van der Waals surface area contributed by atoms with Gasteiger partial charge in [0, 0.05) is 23.9 Å². The van der Waals surface area contributed by atoms with Crippen molar-refractivity contribution in [3.8, 4) is 11.5 Å². The minimum Gasteiger partial charge on any atom is -0.493 e. The van der Waals surface area contributed by atoms with Crippen molar-refractivity contribution in [2.75, 3.05) is 27.3 Å². The van der Waals surface area contributed by atoms with Crippen molar-refractivity contribution in [1.82, 2.24) is 9.80 Å². The van der Waals surface area contributed by atoms with Crippen molar-refractivity contribution in [2.24, 2.45) is 0 Å². The smallest absolute Gasteiger partial charge is 0.242 e. The molecule has 2 aromatic rings. The zero-order valence-corrected chi connectivity index (χ0v) is 28.6. The highest BCUT2D eigenvalue weighted by Gasteiger charge is 2.29. The largest absolute Gasteiger partial charge is 0.493 e. The van der Waals surface area contributed by atoms with Crippen LogP contribution in [0.25, 0.3) is 0 Å². The van der Waals surface area contributed by atoms with Crippen LogP contribution in [0.5, 0.6) is 11.5 Å². The van der Waals surface area contributed by atoms with Gasteiger partial charge < -0.3 is 19.3 Å². The van der Waals surface area contributed by atoms with Crippen LogP contribution in [0.3, 0.4) is 0 Å². The molecule has 1 aromatic carbocycles. The SMILES string of the molecule is CCCCCCCCCCCCCC(=O)N(CC(=O)N(CCc1ccc(OC)c(OC)c1)Cc1cccs1)C1CCCCC1. The van der Waals surface area contributed by atoms with E-state index in [1.165, 1.54) is 64.2 Å². The molecule has 1 heterocycles. The van der Waals surface area contributed by atoms with Gasteiger partial charge in [-0.05, 0) is 54.8 Å². The van der Waals surface area contributed by atoms with E-state index in [-0.39, 0.29) is 24.4 Å². The van der Waals surface area contributed by atoms with Gasteiger partial charge in [0.1, 0.15) is 6.54 Å². The molecule has 0 saturated heterocycles. The summed E-state index contributed by atoms with van der Waals surface area (Å²) >= 11 is 1.67. The normalized spacial score (nSPS) is 13.5. The van der Waals surface area contributed by atoms with Crippen LogP contribution in [0.4, 0.5) is 0 Å².